The number of carboxylic acids is 1. The molecule has 3 N–H and O–H groups in total. The number of nitrogens with zero attached hydrogens (tertiary/aromatic N) is 3. The number of hydrogen-bond donors (Lipinski definition) is 3. The molecule has 1 heterocycles. The summed E-state index contributed by atoms with van der Waals surface area (Å²) in [5.41, 5.74) is -0.166. The topological polar surface area (TPSA) is 177 Å². The normalized spacial score (nSPS) is 10.5. The van der Waals surface area contributed by atoms with Gasteiger partial charge in [-0.05, 0) is 19.1 Å². The number of fused-ring (bicyclic) bond motifs is 1. The molecule has 2 aromatic carbocycles. The van der Waals surface area contributed by atoms with Crippen molar-refractivity contribution in [3.05, 3.63) is 48.0 Å². The van der Waals surface area contributed by atoms with Crippen molar-refractivity contribution in [3.8, 4) is 11.5 Å². The summed E-state index contributed by atoms with van der Waals surface area (Å²) >= 11 is 0. The molecule has 2 amide bonds. The monoisotopic (exact) mass is 484 g/mol. The second-order valence-corrected chi connectivity index (χ2v) is 7.00. The fourth-order valence-electron chi connectivity index (χ4n) is 3.21. The largest absolute Gasteiger partial charge is 0.513 e. The first-order valence-corrected chi connectivity index (χ1v) is 10.1. The summed E-state index contributed by atoms with van der Waals surface area (Å²) in [7, 11) is 1.40. The molecule has 3 aromatic rings. The molecule has 1 aromatic heterocycles. The molecule has 182 valence electrons. The molecule has 0 atom stereocenters. The number of anilines is 1. The zero-order valence-electron chi connectivity index (χ0n) is 18.5. The van der Waals surface area contributed by atoms with Crippen LogP contribution in [0.4, 0.5) is 15.3 Å². The minimum absolute atomic E-state index is 0.00819. The molecule has 0 aliphatic rings. The molecule has 0 saturated heterocycles. The predicted octanol–water partition coefficient (Wildman–Crippen LogP) is 2.01. The maximum atomic E-state index is 13.0. The van der Waals surface area contributed by atoms with Crippen LogP contribution in [0.2, 0.25) is 0 Å². The summed E-state index contributed by atoms with van der Waals surface area (Å²) < 4.78 is 11.1. The lowest BCUT2D eigenvalue weighted by Gasteiger charge is -2.22. The summed E-state index contributed by atoms with van der Waals surface area (Å²) in [6.07, 6.45) is 1.73. The molecule has 13 heteroatoms. The van der Waals surface area contributed by atoms with E-state index in [4.69, 9.17) is 14.6 Å². The van der Waals surface area contributed by atoms with Gasteiger partial charge in [-0.1, -0.05) is 12.1 Å². The van der Waals surface area contributed by atoms with Crippen LogP contribution in [-0.4, -0.2) is 70.3 Å². The minimum Gasteiger partial charge on any atom is -0.506 e. The summed E-state index contributed by atoms with van der Waals surface area (Å²) in [5, 5.41) is 21.9. The van der Waals surface area contributed by atoms with E-state index in [0.29, 0.717) is 6.29 Å². The van der Waals surface area contributed by atoms with Crippen molar-refractivity contribution in [3.63, 3.8) is 0 Å². The van der Waals surface area contributed by atoms with Gasteiger partial charge in [0.25, 0.3) is 5.91 Å². The lowest BCUT2D eigenvalue weighted by Crippen LogP contribution is -2.30. The minimum atomic E-state index is -1.30. The summed E-state index contributed by atoms with van der Waals surface area (Å²) in [6.45, 7) is 0.832. The van der Waals surface area contributed by atoms with Crippen LogP contribution in [0.3, 0.4) is 0 Å². The fourth-order valence-corrected chi connectivity index (χ4v) is 3.21. The highest BCUT2D eigenvalue weighted by atomic mass is 16.7. The van der Waals surface area contributed by atoms with Crippen molar-refractivity contribution in [2.24, 2.45) is 0 Å². The third-order valence-corrected chi connectivity index (χ3v) is 4.77. The molecule has 0 bridgehead atoms. The lowest BCUT2D eigenvalue weighted by molar-refractivity contribution is -0.135. The van der Waals surface area contributed by atoms with E-state index in [9.17, 15) is 29.1 Å². The van der Waals surface area contributed by atoms with E-state index < -0.39 is 36.4 Å². The first-order valence-electron chi connectivity index (χ1n) is 10.1. The Morgan fingerprint density at radius 1 is 1.26 bits per heavy atom. The number of benzene rings is 2. The van der Waals surface area contributed by atoms with E-state index in [1.807, 2.05) is 0 Å². The summed E-state index contributed by atoms with van der Waals surface area (Å²) in [6, 6.07) is 4.80. The third kappa shape index (κ3) is 5.19. The molecular weight excluding hydrogens is 464 g/mol. The molecule has 0 unspecified atom stereocenters. The number of aldehydes is 1. The number of ether oxygens (including phenoxy) is 2. The van der Waals surface area contributed by atoms with Gasteiger partial charge in [0, 0.05) is 18.6 Å². The second kappa shape index (κ2) is 10.3. The van der Waals surface area contributed by atoms with Crippen molar-refractivity contribution >= 4 is 46.8 Å². The SMILES string of the molecule is CCOC(=O)Oc1cc(C(=O)NCC(=O)O)c(O)c2cccc(N(C)C(=O)n3cnc(C=O)c3)c12. The Bertz CT molecular complexity index is 1330. The second-order valence-electron chi connectivity index (χ2n) is 7.00. The van der Waals surface area contributed by atoms with Gasteiger partial charge in [-0.2, -0.15) is 0 Å². The van der Waals surface area contributed by atoms with Crippen molar-refractivity contribution < 1.29 is 43.7 Å². The molecule has 0 saturated carbocycles. The zero-order chi connectivity index (χ0) is 25.7. The Kier molecular flexibility index (Phi) is 7.29. The number of aliphatic carboxylic acids is 1. The Balaban J connectivity index is 2.17. The van der Waals surface area contributed by atoms with Gasteiger partial charge in [0.1, 0.15) is 30.1 Å². The number of nitrogens with one attached hydrogen (secondary N) is 1. The lowest BCUT2D eigenvalue weighted by atomic mass is 10.0. The number of carbonyl (C=O) groups is 5. The quantitative estimate of drug-likeness (QED) is 0.255. The number of imidazole rings is 1. The highest BCUT2D eigenvalue weighted by Crippen LogP contribution is 2.41. The molecule has 0 fully saturated rings. The Morgan fingerprint density at radius 3 is 2.63 bits per heavy atom. The van der Waals surface area contributed by atoms with E-state index in [2.05, 4.69) is 10.3 Å². The van der Waals surface area contributed by atoms with Crippen molar-refractivity contribution in [2.45, 2.75) is 6.92 Å². The van der Waals surface area contributed by atoms with E-state index in [1.165, 1.54) is 31.4 Å². The van der Waals surface area contributed by atoms with Gasteiger partial charge >= 0.3 is 18.2 Å². The fraction of sp³-hybridized carbons (Fsp3) is 0.182. The van der Waals surface area contributed by atoms with Crippen LogP contribution in [0.15, 0.2) is 36.8 Å². The van der Waals surface area contributed by atoms with E-state index in [0.717, 1.165) is 21.9 Å². The van der Waals surface area contributed by atoms with Crippen LogP contribution in [-0.2, 0) is 9.53 Å². The van der Waals surface area contributed by atoms with Crippen LogP contribution >= 0.6 is 0 Å². The number of phenols is 1. The van der Waals surface area contributed by atoms with Crippen LogP contribution in [0.25, 0.3) is 10.8 Å². The third-order valence-electron chi connectivity index (χ3n) is 4.77. The van der Waals surface area contributed by atoms with Gasteiger partial charge in [-0.15, -0.1) is 0 Å². The molecule has 0 spiro atoms. The molecule has 13 nitrogen and oxygen atoms in total. The van der Waals surface area contributed by atoms with E-state index in [1.54, 1.807) is 6.92 Å². The van der Waals surface area contributed by atoms with E-state index >= 15 is 0 Å². The molecule has 0 aliphatic carbocycles. The van der Waals surface area contributed by atoms with Gasteiger partial charge in [0.05, 0.1) is 23.2 Å². The molecule has 0 aliphatic heterocycles. The maximum Gasteiger partial charge on any atom is 0.513 e. The van der Waals surface area contributed by atoms with Crippen molar-refractivity contribution in [1.29, 1.82) is 0 Å². The summed E-state index contributed by atoms with van der Waals surface area (Å²) in [5.74, 6) is -3.00. The van der Waals surface area contributed by atoms with E-state index in [-0.39, 0.29) is 40.1 Å². The Labute approximate surface area is 197 Å². The van der Waals surface area contributed by atoms with Gasteiger partial charge in [0.15, 0.2) is 6.29 Å². The smallest absolute Gasteiger partial charge is 0.506 e. The number of carbonyl (C=O) groups excluding carboxylic acids is 4. The highest BCUT2D eigenvalue weighted by Gasteiger charge is 2.25. The van der Waals surface area contributed by atoms with Crippen LogP contribution in [0.5, 0.6) is 11.5 Å². The number of rotatable bonds is 7. The maximum absolute atomic E-state index is 13.0. The number of aromatic hydroxyl groups is 1. The van der Waals surface area contributed by atoms with Gasteiger partial charge in [-0.25, -0.2) is 14.6 Å². The van der Waals surface area contributed by atoms with Crippen LogP contribution in [0.1, 0.15) is 27.8 Å². The van der Waals surface area contributed by atoms with Crippen molar-refractivity contribution in [2.75, 3.05) is 25.1 Å². The Hall–Kier alpha value is -4.94. The first kappa shape index (κ1) is 24.7. The van der Waals surface area contributed by atoms with Gasteiger partial charge in [0.2, 0.25) is 0 Å². The van der Waals surface area contributed by atoms with Crippen molar-refractivity contribution in [1.82, 2.24) is 14.9 Å². The van der Waals surface area contributed by atoms with Gasteiger partial charge in [-0.3, -0.25) is 23.9 Å². The Morgan fingerprint density at radius 2 is 2.00 bits per heavy atom. The number of aromatic nitrogens is 2. The van der Waals surface area contributed by atoms with Crippen LogP contribution < -0.4 is 15.0 Å². The van der Waals surface area contributed by atoms with Gasteiger partial charge < -0.3 is 25.0 Å². The standard InChI is InChI=1S/C22H20N4O9/c1-3-34-22(33)35-16-7-14(20(31)23-8-17(28)29)19(30)13-5-4-6-15(18(13)16)25(2)21(32)26-9-12(10-27)24-11-26/h4-7,9-11,30H,3,8H2,1-2H3,(H,23,31)(H,28,29). The average molecular weight is 484 g/mol. The highest BCUT2D eigenvalue weighted by molar-refractivity contribution is 6.12. The van der Waals surface area contributed by atoms with Crippen LogP contribution in [0, 0.1) is 0 Å². The number of hydrogen-bond acceptors (Lipinski definition) is 9. The molecular formula is C22H20N4O9. The average Bonchev–Trinajstić information content (AvgIpc) is 3.32. The number of carboxylic acid groups (broad SMARTS) is 1. The molecule has 0 radical (unpaired) electrons. The molecule has 3 rings (SSSR count). The first-order chi connectivity index (χ1) is 16.7. The zero-order valence-corrected chi connectivity index (χ0v) is 18.5. The number of phenolic OH excluding ortho intramolecular Hbond substituents is 1. The number of amides is 2. The summed E-state index contributed by atoms with van der Waals surface area (Å²) in [4.78, 5) is 64.2. The predicted molar refractivity (Wildman–Crippen MR) is 120 cm³/mol. The molecule has 35 heavy (non-hydrogen) atoms.